The maximum Gasteiger partial charge on any atom is 0.160 e. The normalized spacial score (nSPS) is 19.3. The van der Waals surface area contributed by atoms with Gasteiger partial charge in [-0.3, -0.25) is 4.90 Å². The third-order valence-electron chi connectivity index (χ3n) is 4.07. The van der Waals surface area contributed by atoms with Crippen molar-refractivity contribution in [2.75, 3.05) is 26.7 Å². The van der Waals surface area contributed by atoms with Gasteiger partial charge in [0.2, 0.25) is 0 Å². The summed E-state index contributed by atoms with van der Waals surface area (Å²) in [6.45, 7) is 5.03. The maximum atomic E-state index is 9.89. The average molecular weight is 264 g/mol. The van der Waals surface area contributed by atoms with Gasteiger partial charge in [0, 0.05) is 12.6 Å². The zero-order chi connectivity index (χ0) is 13.8. The summed E-state index contributed by atoms with van der Waals surface area (Å²) in [5.41, 5.74) is 7.00. The monoisotopic (exact) mass is 264 g/mol. The van der Waals surface area contributed by atoms with E-state index in [4.69, 9.17) is 10.5 Å². The van der Waals surface area contributed by atoms with Crippen molar-refractivity contribution < 1.29 is 9.84 Å². The van der Waals surface area contributed by atoms with Gasteiger partial charge in [0.25, 0.3) is 0 Å². The van der Waals surface area contributed by atoms with Crippen LogP contribution in [-0.4, -0.2) is 36.8 Å². The Morgan fingerprint density at radius 1 is 1.42 bits per heavy atom. The summed E-state index contributed by atoms with van der Waals surface area (Å²) in [7, 11) is 1.56. The van der Waals surface area contributed by atoms with E-state index in [0.29, 0.717) is 12.3 Å². The van der Waals surface area contributed by atoms with Crippen LogP contribution in [0.1, 0.15) is 31.4 Å². The standard InChI is InChI=1S/C15H24N2O2/c1-11-5-7-17(8-6-11)13(10-16)12-3-4-15(19-2)14(18)9-12/h3-4,9,11,13,18H,5-8,10,16H2,1-2H3. The van der Waals surface area contributed by atoms with Crippen LogP contribution < -0.4 is 10.5 Å². The molecule has 0 amide bonds. The molecule has 1 atom stereocenters. The molecule has 0 aromatic heterocycles. The lowest BCUT2D eigenvalue weighted by Crippen LogP contribution is -2.39. The van der Waals surface area contributed by atoms with Crippen molar-refractivity contribution in [1.29, 1.82) is 0 Å². The largest absolute Gasteiger partial charge is 0.504 e. The molecule has 1 aromatic rings. The van der Waals surface area contributed by atoms with Gasteiger partial charge in [0.1, 0.15) is 0 Å². The fraction of sp³-hybridized carbons (Fsp3) is 0.600. The highest BCUT2D eigenvalue weighted by molar-refractivity contribution is 5.42. The lowest BCUT2D eigenvalue weighted by molar-refractivity contribution is 0.141. The van der Waals surface area contributed by atoms with Crippen molar-refractivity contribution >= 4 is 0 Å². The van der Waals surface area contributed by atoms with E-state index in [9.17, 15) is 5.11 Å². The highest BCUT2D eigenvalue weighted by Gasteiger charge is 2.24. The minimum absolute atomic E-state index is 0.184. The first-order valence-corrected chi connectivity index (χ1v) is 6.96. The number of nitrogens with two attached hydrogens (primary N) is 1. The number of methoxy groups -OCH3 is 1. The molecule has 0 spiro atoms. The minimum Gasteiger partial charge on any atom is -0.504 e. The van der Waals surface area contributed by atoms with E-state index < -0.39 is 0 Å². The number of aromatic hydroxyl groups is 1. The summed E-state index contributed by atoms with van der Waals surface area (Å²) < 4.78 is 5.08. The zero-order valence-corrected chi connectivity index (χ0v) is 11.8. The fourth-order valence-electron chi connectivity index (χ4n) is 2.75. The van der Waals surface area contributed by atoms with Gasteiger partial charge >= 0.3 is 0 Å². The highest BCUT2D eigenvalue weighted by Crippen LogP contribution is 2.32. The third kappa shape index (κ3) is 3.19. The van der Waals surface area contributed by atoms with Crippen molar-refractivity contribution in [3.8, 4) is 11.5 Å². The molecule has 0 aliphatic carbocycles. The summed E-state index contributed by atoms with van der Waals surface area (Å²) in [5.74, 6) is 1.49. The smallest absolute Gasteiger partial charge is 0.160 e. The van der Waals surface area contributed by atoms with Crippen LogP contribution >= 0.6 is 0 Å². The van der Waals surface area contributed by atoms with Crippen LogP contribution in [0, 0.1) is 5.92 Å². The first-order chi connectivity index (χ1) is 9.15. The van der Waals surface area contributed by atoms with E-state index >= 15 is 0 Å². The van der Waals surface area contributed by atoms with Crippen molar-refractivity contribution in [3.05, 3.63) is 23.8 Å². The summed E-state index contributed by atoms with van der Waals surface area (Å²) in [5, 5.41) is 9.89. The molecule has 1 saturated heterocycles. The summed E-state index contributed by atoms with van der Waals surface area (Å²) >= 11 is 0. The van der Waals surface area contributed by atoms with Crippen molar-refractivity contribution in [3.63, 3.8) is 0 Å². The number of ether oxygens (including phenoxy) is 1. The summed E-state index contributed by atoms with van der Waals surface area (Å²) in [6, 6.07) is 5.76. The van der Waals surface area contributed by atoms with E-state index in [1.165, 1.54) is 12.8 Å². The molecule has 4 heteroatoms. The Hall–Kier alpha value is -1.26. The number of hydrogen-bond donors (Lipinski definition) is 2. The number of piperidine rings is 1. The SMILES string of the molecule is COc1ccc(C(CN)N2CCC(C)CC2)cc1O. The van der Waals surface area contributed by atoms with Crippen LogP contribution in [0.25, 0.3) is 0 Å². The number of hydrogen-bond acceptors (Lipinski definition) is 4. The van der Waals surface area contributed by atoms with Crippen molar-refractivity contribution in [1.82, 2.24) is 4.90 Å². The van der Waals surface area contributed by atoms with Gasteiger partial charge in [0.15, 0.2) is 11.5 Å². The number of benzene rings is 1. The van der Waals surface area contributed by atoms with Crippen LogP contribution in [0.3, 0.4) is 0 Å². The average Bonchev–Trinajstić information content (AvgIpc) is 2.42. The number of nitrogens with zero attached hydrogens (tertiary/aromatic N) is 1. The van der Waals surface area contributed by atoms with Gasteiger partial charge in [-0.25, -0.2) is 0 Å². The molecule has 19 heavy (non-hydrogen) atoms. The van der Waals surface area contributed by atoms with Crippen molar-refractivity contribution in [2.45, 2.75) is 25.8 Å². The Labute approximate surface area is 115 Å². The molecule has 1 aliphatic rings. The van der Waals surface area contributed by atoms with E-state index in [0.717, 1.165) is 24.6 Å². The van der Waals surface area contributed by atoms with E-state index in [1.807, 2.05) is 6.07 Å². The van der Waals surface area contributed by atoms with E-state index in [2.05, 4.69) is 11.8 Å². The molecule has 3 N–H and O–H groups in total. The Bertz CT molecular complexity index is 415. The predicted molar refractivity (Wildman–Crippen MR) is 76.4 cm³/mol. The molecule has 2 rings (SSSR count). The first kappa shape index (κ1) is 14.2. The van der Waals surface area contributed by atoms with Gasteiger partial charge in [-0.05, 0) is 49.5 Å². The van der Waals surface area contributed by atoms with Crippen LogP contribution in [-0.2, 0) is 0 Å². The Morgan fingerprint density at radius 3 is 2.63 bits per heavy atom. The summed E-state index contributed by atoms with van der Waals surface area (Å²) in [4.78, 5) is 2.42. The number of phenols is 1. The molecule has 1 aliphatic heterocycles. The van der Waals surface area contributed by atoms with Gasteiger partial charge in [-0.1, -0.05) is 13.0 Å². The molecule has 1 unspecified atom stereocenters. The Kier molecular flexibility index (Phi) is 4.66. The van der Waals surface area contributed by atoms with E-state index in [-0.39, 0.29) is 11.8 Å². The topological polar surface area (TPSA) is 58.7 Å². The minimum atomic E-state index is 0.184. The molecule has 106 valence electrons. The first-order valence-electron chi connectivity index (χ1n) is 6.96. The van der Waals surface area contributed by atoms with Gasteiger partial charge in [-0.15, -0.1) is 0 Å². The van der Waals surface area contributed by atoms with Gasteiger partial charge < -0.3 is 15.6 Å². The van der Waals surface area contributed by atoms with Crippen LogP contribution in [0.4, 0.5) is 0 Å². The number of phenolic OH excluding ortho intramolecular Hbond substituents is 1. The van der Waals surface area contributed by atoms with Crippen LogP contribution in [0.15, 0.2) is 18.2 Å². The molecule has 4 nitrogen and oxygen atoms in total. The zero-order valence-electron chi connectivity index (χ0n) is 11.8. The van der Waals surface area contributed by atoms with Gasteiger partial charge in [-0.2, -0.15) is 0 Å². The molecule has 0 radical (unpaired) electrons. The fourth-order valence-corrected chi connectivity index (χ4v) is 2.75. The quantitative estimate of drug-likeness (QED) is 0.874. The molecule has 1 fully saturated rings. The summed E-state index contributed by atoms with van der Waals surface area (Å²) in [6.07, 6.45) is 2.44. The third-order valence-corrected chi connectivity index (χ3v) is 4.07. The van der Waals surface area contributed by atoms with Gasteiger partial charge in [0.05, 0.1) is 7.11 Å². The highest BCUT2D eigenvalue weighted by atomic mass is 16.5. The molecule has 0 bridgehead atoms. The molecule has 1 aromatic carbocycles. The second-order valence-electron chi connectivity index (χ2n) is 5.40. The van der Waals surface area contributed by atoms with Crippen LogP contribution in [0.2, 0.25) is 0 Å². The predicted octanol–water partition coefficient (Wildman–Crippen LogP) is 2.13. The molecular formula is C15H24N2O2. The number of likely N-dealkylation sites (tertiary alicyclic amines) is 1. The Balaban J connectivity index is 2.15. The number of rotatable bonds is 4. The van der Waals surface area contributed by atoms with E-state index in [1.54, 1.807) is 19.2 Å². The lowest BCUT2D eigenvalue weighted by atomic mass is 9.95. The maximum absolute atomic E-state index is 9.89. The lowest BCUT2D eigenvalue weighted by Gasteiger charge is -2.36. The molecule has 0 saturated carbocycles. The molecular weight excluding hydrogens is 240 g/mol. The second kappa shape index (κ2) is 6.26. The van der Waals surface area contributed by atoms with Crippen LogP contribution in [0.5, 0.6) is 11.5 Å². The Morgan fingerprint density at radius 2 is 2.11 bits per heavy atom. The molecule has 1 heterocycles. The van der Waals surface area contributed by atoms with Crippen molar-refractivity contribution in [2.24, 2.45) is 11.7 Å². The second-order valence-corrected chi connectivity index (χ2v) is 5.40.